The molecule has 0 saturated carbocycles. The third kappa shape index (κ3) is 2.42. The van der Waals surface area contributed by atoms with Gasteiger partial charge in [0.1, 0.15) is 0 Å². The van der Waals surface area contributed by atoms with Crippen LogP contribution >= 0.6 is 39.0 Å². The number of Topliss-reactive ketones (excluding diaryl/α,β-unsaturated/α-hetero) is 1. The molecule has 3 heterocycles. The van der Waals surface area contributed by atoms with E-state index in [-0.39, 0.29) is 11.5 Å². The van der Waals surface area contributed by atoms with Crippen LogP contribution in [-0.2, 0) is 4.74 Å². The Hall–Kier alpha value is 0.160. The molecule has 2 fully saturated rings. The predicted octanol–water partition coefficient (Wildman–Crippen LogP) is 4.00. The highest BCUT2D eigenvalue weighted by Gasteiger charge is 2.42. The van der Waals surface area contributed by atoms with Crippen LogP contribution in [0.5, 0.6) is 0 Å². The van der Waals surface area contributed by atoms with Crippen molar-refractivity contribution >= 4 is 44.8 Å². The maximum atomic E-state index is 12.5. The Morgan fingerprint density at radius 2 is 2.44 bits per heavy atom. The molecule has 0 aliphatic carbocycles. The minimum absolute atomic E-state index is 0.00697. The van der Waals surface area contributed by atoms with Gasteiger partial charge in [-0.3, -0.25) is 4.79 Å². The van der Waals surface area contributed by atoms with E-state index in [1.807, 2.05) is 23.2 Å². The van der Waals surface area contributed by atoms with E-state index < -0.39 is 0 Å². The van der Waals surface area contributed by atoms with Gasteiger partial charge < -0.3 is 4.74 Å². The lowest BCUT2D eigenvalue weighted by molar-refractivity contribution is -0.0734. The van der Waals surface area contributed by atoms with Gasteiger partial charge in [-0.05, 0) is 52.4 Å². The lowest BCUT2D eigenvalue weighted by atomic mass is 9.82. The van der Waals surface area contributed by atoms with E-state index in [2.05, 4.69) is 15.9 Å². The molecule has 2 aliphatic rings. The van der Waals surface area contributed by atoms with E-state index in [4.69, 9.17) is 4.74 Å². The van der Waals surface area contributed by atoms with E-state index in [9.17, 15) is 4.79 Å². The summed E-state index contributed by atoms with van der Waals surface area (Å²) in [5.74, 6) is 2.68. The van der Waals surface area contributed by atoms with Crippen molar-refractivity contribution in [1.29, 1.82) is 0 Å². The van der Waals surface area contributed by atoms with E-state index in [0.29, 0.717) is 5.78 Å². The van der Waals surface area contributed by atoms with E-state index in [1.165, 1.54) is 17.1 Å². The minimum atomic E-state index is -0.00697. The van der Waals surface area contributed by atoms with Gasteiger partial charge in [-0.1, -0.05) is 0 Å². The van der Waals surface area contributed by atoms with Crippen molar-refractivity contribution in [2.24, 2.45) is 5.92 Å². The average molecular weight is 347 g/mol. The van der Waals surface area contributed by atoms with Gasteiger partial charge in [-0.25, -0.2) is 0 Å². The highest BCUT2D eigenvalue weighted by Crippen LogP contribution is 2.42. The third-order valence-electron chi connectivity index (χ3n) is 3.77. The first-order valence-corrected chi connectivity index (χ1v) is 9.02. The molecule has 5 heteroatoms. The lowest BCUT2D eigenvalue weighted by Gasteiger charge is -2.37. The summed E-state index contributed by atoms with van der Waals surface area (Å²) in [6.45, 7) is 0.736. The fourth-order valence-corrected chi connectivity index (χ4v) is 5.73. The third-order valence-corrected chi connectivity index (χ3v) is 6.85. The molecule has 0 amide bonds. The van der Waals surface area contributed by atoms with E-state index in [0.717, 1.165) is 41.0 Å². The van der Waals surface area contributed by atoms with Gasteiger partial charge in [-0.15, -0.1) is 11.3 Å². The number of rotatable bonds is 2. The van der Waals surface area contributed by atoms with Crippen LogP contribution in [0.25, 0.3) is 0 Å². The molecular weight excluding hydrogens is 332 g/mol. The number of ketones is 1. The maximum Gasteiger partial charge on any atom is 0.177 e. The Morgan fingerprint density at radius 1 is 1.56 bits per heavy atom. The van der Waals surface area contributed by atoms with Gasteiger partial charge in [0.25, 0.3) is 0 Å². The van der Waals surface area contributed by atoms with Crippen LogP contribution < -0.4 is 0 Å². The first-order chi connectivity index (χ1) is 8.70. The minimum Gasteiger partial charge on any atom is -0.374 e. The smallest absolute Gasteiger partial charge is 0.177 e. The van der Waals surface area contributed by atoms with Crippen LogP contribution in [0.2, 0.25) is 0 Å². The van der Waals surface area contributed by atoms with Gasteiger partial charge in [0, 0.05) is 22.8 Å². The van der Waals surface area contributed by atoms with Gasteiger partial charge in [0.05, 0.1) is 10.5 Å². The second-order valence-electron chi connectivity index (χ2n) is 4.99. The molecule has 2 saturated heterocycles. The summed E-state index contributed by atoms with van der Waals surface area (Å²) in [7, 11) is 0. The quantitative estimate of drug-likeness (QED) is 0.757. The Labute approximate surface area is 124 Å². The van der Waals surface area contributed by atoms with Crippen LogP contribution in [0, 0.1) is 5.92 Å². The van der Waals surface area contributed by atoms with Gasteiger partial charge >= 0.3 is 0 Å². The number of thiophene rings is 1. The molecule has 1 aromatic heterocycles. The van der Waals surface area contributed by atoms with Crippen molar-refractivity contribution < 1.29 is 9.53 Å². The van der Waals surface area contributed by atoms with E-state index in [1.54, 1.807) is 0 Å². The molecule has 18 heavy (non-hydrogen) atoms. The van der Waals surface area contributed by atoms with Crippen LogP contribution in [0.4, 0.5) is 0 Å². The molecule has 2 aliphatic heterocycles. The molecule has 3 rings (SSSR count). The molecule has 1 spiro atoms. The predicted molar refractivity (Wildman–Crippen MR) is 79.7 cm³/mol. The van der Waals surface area contributed by atoms with Crippen LogP contribution in [0.3, 0.4) is 0 Å². The van der Waals surface area contributed by atoms with Crippen LogP contribution in [0.15, 0.2) is 15.9 Å². The molecule has 98 valence electrons. The zero-order valence-electron chi connectivity index (χ0n) is 9.99. The Bertz CT molecular complexity index is 452. The number of thioether (sulfide) groups is 1. The summed E-state index contributed by atoms with van der Waals surface area (Å²) in [4.78, 5) is 13.4. The lowest BCUT2D eigenvalue weighted by Crippen LogP contribution is -2.42. The molecule has 1 aromatic rings. The number of hydrogen-bond acceptors (Lipinski definition) is 4. The number of halogens is 1. The zero-order valence-corrected chi connectivity index (χ0v) is 13.2. The first kappa shape index (κ1) is 13.2. The summed E-state index contributed by atoms with van der Waals surface area (Å²) < 4.78 is 6.92. The molecule has 0 N–H and O–H groups in total. The van der Waals surface area contributed by atoms with Gasteiger partial charge in [0.15, 0.2) is 5.78 Å². The number of ether oxygens (including phenoxy) is 1. The topological polar surface area (TPSA) is 26.3 Å². The summed E-state index contributed by atoms with van der Waals surface area (Å²) in [5.41, 5.74) is -0.00697. The second-order valence-corrected chi connectivity index (χ2v) is 7.86. The summed E-state index contributed by atoms with van der Waals surface area (Å²) in [5, 5.41) is 1.97. The van der Waals surface area contributed by atoms with Crippen molar-refractivity contribution in [1.82, 2.24) is 0 Å². The summed E-state index contributed by atoms with van der Waals surface area (Å²) in [6, 6.07) is 1.96. The maximum absolute atomic E-state index is 12.5. The average Bonchev–Trinajstić information content (AvgIpc) is 2.98. The van der Waals surface area contributed by atoms with Crippen molar-refractivity contribution in [2.45, 2.75) is 24.9 Å². The van der Waals surface area contributed by atoms with Gasteiger partial charge in [0.2, 0.25) is 0 Å². The van der Waals surface area contributed by atoms with Crippen molar-refractivity contribution in [3.05, 3.63) is 20.8 Å². The largest absolute Gasteiger partial charge is 0.374 e. The molecule has 0 bridgehead atoms. The van der Waals surface area contributed by atoms with Crippen LogP contribution in [-0.4, -0.2) is 29.5 Å². The first-order valence-electron chi connectivity index (χ1n) is 6.19. The number of hydrogen-bond donors (Lipinski definition) is 0. The number of carbonyl (C=O) groups excluding carboxylic acids is 1. The Morgan fingerprint density at radius 3 is 3.11 bits per heavy atom. The van der Waals surface area contributed by atoms with E-state index >= 15 is 0 Å². The normalized spacial score (nSPS) is 31.9. The zero-order chi connectivity index (χ0) is 12.6. The second kappa shape index (κ2) is 5.27. The van der Waals surface area contributed by atoms with Gasteiger partial charge in [-0.2, -0.15) is 11.8 Å². The molecular formula is C13H15BrO2S2. The Kier molecular flexibility index (Phi) is 3.85. The van der Waals surface area contributed by atoms with Crippen molar-refractivity contribution in [3.8, 4) is 0 Å². The molecule has 0 aromatic carbocycles. The van der Waals surface area contributed by atoms with Crippen LogP contribution in [0.1, 0.15) is 28.9 Å². The van der Waals surface area contributed by atoms with Crippen molar-refractivity contribution in [2.75, 3.05) is 18.1 Å². The standard InChI is InChI=1S/C13H15BrO2S2/c14-10-2-5-18-12(10)11(15)9-1-4-16-13(7-9)3-6-17-8-13/h2,5,9H,1,3-4,6-8H2. The SMILES string of the molecule is O=C(c1sccc1Br)C1CCOC2(CCSC2)C1. The summed E-state index contributed by atoms with van der Waals surface area (Å²) in [6.07, 6.45) is 2.88. The molecule has 2 unspecified atom stereocenters. The number of carbonyl (C=O) groups is 1. The highest BCUT2D eigenvalue weighted by molar-refractivity contribution is 9.10. The summed E-state index contributed by atoms with van der Waals surface area (Å²) >= 11 is 6.95. The Balaban J connectivity index is 1.76. The van der Waals surface area contributed by atoms with Crippen molar-refractivity contribution in [3.63, 3.8) is 0 Å². The highest BCUT2D eigenvalue weighted by atomic mass is 79.9. The fourth-order valence-electron chi connectivity index (χ4n) is 2.77. The molecule has 2 atom stereocenters. The molecule has 2 nitrogen and oxygen atoms in total. The molecule has 0 radical (unpaired) electrons. The fraction of sp³-hybridized carbons (Fsp3) is 0.615. The monoisotopic (exact) mass is 346 g/mol.